The van der Waals surface area contributed by atoms with Crippen LogP contribution in [0.3, 0.4) is 0 Å². The molecule has 6 nitrogen and oxygen atoms in total. The van der Waals surface area contributed by atoms with Crippen LogP contribution in [-0.2, 0) is 26.7 Å². The van der Waals surface area contributed by atoms with Crippen LogP contribution >= 0.6 is 12.4 Å². The minimum Gasteiger partial charge on any atom is -0.369 e. The van der Waals surface area contributed by atoms with Crippen LogP contribution in [0, 0.1) is 5.82 Å². The van der Waals surface area contributed by atoms with Crippen molar-refractivity contribution in [2.75, 3.05) is 17.6 Å². The van der Waals surface area contributed by atoms with Crippen LogP contribution in [-0.4, -0.2) is 44.1 Å². The molecule has 0 fully saturated rings. The first kappa shape index (κ1) is 33.3. The van der Waals surface area contributed by atoms with Gasteiger partial charge in [-0.25, -0.2) is 12.8 Å². The molecule has 1 heterocycles. The summed E-state index contributed by atoms with van der Waals surface area (Å²) in [4.78, 5) is 13.2. The van der Waals surface area contributed by atoms with Crippen molar-refractivity contribution in [2.45, 2.75) is 42.2 Å². The van der Waals surface area contributed by atoms with Gasteiger partial charge in [0.25, 0.3) is 5.60 Å². The normalized spacial score (nSPS) is 15.9. The van der Waals surface area contributed by atoms with E-state index in [9.17, 15) is 49.1 Å². The number of fused-ring (bicyclic) bond motifs is 1. The Kier molecular flexibility index (Phi) is 9.38. The number of amides is 1. The molecular weight excluding hydrogens is 617 g/mol. The van der Waals surface area contributed by atoms with Gasteiger partial charge in [-0.2, -0.15) is 26.3 Å². The molecule has 3 aromatic carbocycles. The molecule has 15 heteroatoms. The highest BCUT2D eigenvalue weighted by Crippen LogP contribution is 2.50. The molecule has 4 rings (SSSR count). The Balaban J connectivity index is 0.00000484. The van der Waals surface area contributed by atoms with Crippen LogP contribution < -0.4 is 10.6 Å². The molecule has 0 saturated carbocycles. The summed E-state index contributed by atoms with van der Waals surface area (Å²) in [6, 6.07) is 10.1. The second-order valence-corrected chi connectivity index (χ2v) is 11.6. The second-order valence-electron chi connectivity index (χ2n) is 9.37. The average molecular weight is 641 g/mol. The molecule has 0 aliphatic carbocycles. The van der Waals surface area contributed by atoms with Crippen LogP contribution in [0.2, 0.25) is 0 Å². The first-order valence-corrected chi connectivity index (χ1v) is 13.8. The zero-order valence-electron chi connectivity index (χ0n) is 21.6. The van der Waals surface area contributed by atoms with E-state index >= 15 is 0 Å². The summed E-state index contributed by atoms with van der Waals surface area (Å²) in [5, 5.41) is 15.2. The van der Waals surface area contributed by atoms with Gasteiger partial charge in [-0.3, -0.25) is 4.79 Å². The van der Waals surface area contributed by atoms with Gasteiger partial charge >= 0.3 is 12.4 Å². The van der Waals surface area contributed by atoms with Gasteiger partial charge in [-0.15, -0.1) is 12.4 Å². The number of alkyl halides is 6. The summed E-state index contributed by atoms with van der Waals surface area (Å²) in [5.41, 5.74) is -5.67. The number of sulfone groups is 1. The topological polar surface area (TPSA) is 95.5 Å². The summed E-state index contributed by atoms with van der Waals surface area (Å²) in [6.45, 7) is 1.94. The van der Waals surface area contributed by atoms with Crippen LogP contribution in [0.15, 0.2) is 65.6 Å². The lowest BCUT2D eigenvalue weighted by Gasteiger charge is -2.32. The summed E-state index contributed by atoms with van der Waals surface area (Å²) in [6.07, 6.45) is -11.8. The van der Waals surface area contributed by atoms with Crippen LogP contribution in [0.5, 0.6) is 0 Å². The third-order valence-corrected chi connectivity index (χ3v) is 8.57. The van der Waals surface area contributed by atoms with E-state index in [0.29, 0.717) is 36.2 Å². The number of carbonyl (C=O) groups excluding carboxylic acids is 1. The van der Waals surface area contributed by atoms with Gasteiger partial charge in [-0.05, 0) is 53.4 Å². The molecule has 0 bridgehead atoms. The monoisotopic (exact) mass is 640 g/mol. The standard InChI is InChI=1S/C27H23F7N2O4S.ClH/c1-2-41(39,40)19-8-10-21-16(13-19)11-12-35-23(21)24(37)36-18-6-3-15(4-7-18)20-9-5-17(14-22(20)28)25(38,26(29,30)31)27(32,33)34;/h3-10,13-14,23,35,38H,2,11-12H2,1H3,(H,36,37);1H. The fourth-order valence-corrected chi connectivity index (χ4v) is 5.48. The zero-order chi connectivity index (χ0) is 30.4. The molecule has 228 valence electrons. The van der Waals surface area contributed by atoms with Gasteiger partial charge in [0, 0.05) is 23.4 Å². The number of rotatable bonds is 6. The van der Waals surface area contributed by atoms with Crippen molar-refractivity contribution < 1.29 is 49.1 Å². The first-order valence-electron chi connectivity index (χ1n) is 12.2. The molecule has 0 radical (unpaired) electrons. The van der Waals surface area contributed by atoms with Crippen molar-refractivity contribution in [3.63, 3.8) is 0 Å². The summed E-state index contributed by atoms with van der Waals surface area (Å²) in [5.74, 6) is -1.97. The Labute approximate surface area is 242 Å². The van der Waals surface area contributed by atoms with Gasteiger partial charge in [0.2, 0.25) is 5.91 Å². The lowest BCUT2D eigenvalue weighted by molar-refractivity contribution is -0.376. The Morgan fingerprint density at radius 2 is 1.60 bits per heavy atom. The number of benzene rings is 3. The first-order chi connectivity index (χ1) is 19.0. The molecule has 1 amide bonds. The number of halogens is 8. The van der Waals surface area contributed by atoms with E-state index in [1.54, 1.807) is 12.1 Å². The molecule has 3 N–H and O–H groups in total. The highest BCUT2D eigenvalue weighted by molar-refractivity contribution is 7.91. The fourth-order valence-electron chi connectivity index (χ4n) is 4.55. The third-order valence-electron chi connectivity index (χ3n) is 6.84. The van der Waals surface area contributed by atoms with Crippen molar-refractivity contribution in [3.05, 3.63) is 83.2 Å². The molecule has 1 aliphatic heterocycles. The molecule has 42 heavy (non-hydrogen) atoms. The maximum atomic E-state index is 14.7. The smallest absolute Gasteiger partial charge is 0.369 e. The maximum absolute atomic E-state index is 14.7. The quantitative estimate of drug-likeness (QED) is 0.294. The Bertz CT molecular complexity index is 1560. The summed E-state index contributed by atoms with van der Waals surface area (Å²) in [7, 11) is -3.43. The highest BCUT2D eigenvalue weighted by Gasteiger charge is 2.71. The second kappa shape index (κ2) is 11.8. The van der Waals surface area contributed by atoms with E-state index in [1.807, 2.05) is 0 Å². The lowest BCUT2D eigenvalue weighted by atomic mass is 9.90. The summed E-state index contributed by atoms with van der Waals surface area (Å²) >= 11 is 0. The number of hydrogen-bond acceptors (Lipinski definition) is 5. The van der Waals surface area contributed by atoms with E-state index in [2.05, 4.69) is 10.6 Å². The molecule has 1 unspecified atom stereocenters. The molecular formula is C27H24ClF7N2O4S. The van der Waals surface area contributed by atoms with Gasteiger partial charge in [-0.1, -0.05) is 37.3 Å². The van der Waals surface area contributed by atoms with Crippen LogP contribution in [0.25, 0.3) is 11.1 Å². The Hall–Kier alpha value is -3.20. The fraction of sp³-hybridized carbons (Fsp3) is 0.296. The number of nitrogens with one attached hydrogen (secondary N) is 2. The van der Waals surface area contributed by atoms with E-state index in [4.69, 9.17) is 0 Å². The van der Waals surface area contributed by atoms with E-state index in [0.717, 1.165) is 0 Å². The minimum absolute atomic E-state index is 0. The van der Waals surface area contributed by atoms with Crippen molar-refractivity contribution in [2.24, 2.45) is 0 Å². The minimum atomic E-state index is -6.15. The number of anilines is 1. The largest absolute Gasteiger partial charge is 0.430 e. The molecule has 1 atom stereocenters. The lowest BCUT2D eigenvalue weighted by Crippen LogP contribution is -2.53. The van der Waals surface area contributed by atoms with Crippen LogP contribution in [0.4, 0.5) is 36.4 Å². The van der Waals surface area contributed by atoms with E-state index in [-0.39, 0.29) is 45.9 Å². The van der Waals surface area contributed by atoms with Crippen molar-refractivity contribution in [1.29, 1.82) is 0 Å². The van der Waals surface area contributed by atoms with E-state index in [1.165, 1.54) is 37.3 Å². The van der Waals surface area contributed by atoms with Crippen molar-refractivity contribution in [3.8, 4) is 11.1 Å². The van der Waals surface area contributed by atoms with Crippen LogP contribution in [0.1, 0.15) is 29.7 Å². The third kappa shape index (κ3) is 6.12. The highest BCUT2D eigenvalue weighted by atomic mass is 35.5. The molecule has 3 aromatic rings. The predicted octanol–water partition coefficient (Wildman–Crippen LogP) is 5.85. The van der Waals surface area contributed by atoms with Gasteiger partial charge in [0.1, 0.15) is 11.9 Å². The Morgan fingerprint density at radius 1 is 0.976 bits per heavy atom. The number of aliphatic hydroxyl groups is 1. The molecule has 1 aliphatic rings. The van der Waals surface area contributed by atoms with E-state index < -0.39 is 51.1 Å². The molecule has 0 saturated heterocycles. The Morgan fingerprint density at radius 3 is 2.14 bits per heavy atom. The number of hydrogen-bond donors (Lipinski definition) is 3. The van der Waals surface area contributed by atoms with Crippen molar-refractivity contribution >= 4 is 33.8 Å². The van der Waals surface area contributed by atoms with Gasteiger partial charge in [0.05, 0.1) is 10.6 Å². The average Bonchev–Trinajstić information content (AvgIpc) is 2.91. The zero-order valence-corrected chi connectivity index (χ0v) is 23.2. The van der Waals surface area contributed by atoms with Gasteiger partial charge in [0.15, 0.2) is 9.84 Å². The predicted molar refractivity (Wildman–Crippen MR) is 142 cm³/mol. The van der Waals surface area contributed by atoms with Crippen molar-refractivity contribution in [1.82, 2.24) is 5.32 Å². The molecule has 0 spiro atoms. The number of carbonyl (C=O) groups is 1. The maximum Gasteiger partial charge on any atom is 0.430 e. The SMILES string of the molecule is CCS(=O)(=O)c1ccc2c(c1)CCNC2C(=O)Nc1ccc(-c2ccc(C(O)(C(F)(F)F)C(F)(F)F)cc2F)cc1.Cl. The summed E-state index contributed by atoms with van der Waals surface area (Å²) < 4.78 is 118. The molecule has 0 aromatic heterocycles. The van der Waals surface area contributed by atoms with Gasteiger partial charge < -0.3 is 15.7 Å².